The molecule has 2 aromatic carbocycles. The molecule has 1 fully saturated rings. The quantitative estimate of drug-likeness (QED) is 0.906. The first-order valence-corrected chi connectivity index (χ1v) is 8.18. The summed E-state index contributed by atoms with van der Waals surface area (Å²) in [6, 6.07) is 14.0. The van der Waals surface area contributed by atoms with Crippen LogP contribution in [-0.2, 0) is 4.79 Å². The van der Waals surface area contributed by atoms with Crippen molar-refractivity contribution < 1.29 is 9.90 Å². The molecule has 2 N–H and O–H groups in total. The van der Waals surface area contributed by atoms with Gasteiger partial charge in [0.15, 0.2) is 0 Å². The summed E-state index contributed by atoms with van der Waals surface area (Å²) in [4.78, 5) is 12.1. The van der Waals surface area contributed by atoms with Crippen molar-refractivity contribution in [2.45, 2.75) is 38.2 Å². The Balaban J connectivity index is 1.60. The van der Waals surface area contributed by atoms with Crippen LogP contribution in [0.25, 0.3) is 10.8 Å². The van der Waals surface area contributed by atoms with Crippen LogP contribution < -0.4 is 5.32 Å². The van der Waals surface area contributed by atoms with Gasteiger partial charge in [-0.1, -0.05) is 55.7 Å². The van der Waals surface area contributed by atoms with Gasteiger partial charge in [0.05, 0.1) is 6.10 Å². The summed E-state index contributed by atoms with van der Waals surface area (Å²) >= 11 is 0. The normalized spacial score (nSPS) is 17.3. The molecule has 0 spiro atoms. The number of nitrogens with one attached hydrogen (secondary N) is 1. The average Bonchev–Trinajstić information content (AvgIpc) is 2.59. The molecule has 0 bridgehead atoms. The molecule has 1 aliphatic carbocycles. The molecular weight excluding hydrogens is 274 g/mol. The lowest BCUT2D eigenvalue weighted by Gasteiger charge is -2.21. The van der Waals surface area contributed by atoms with E-state index in [1.807, 2.05) is 36.4 Å². The first kappa shape index (κ1) is 15.0. The van der Waals surface area contributed by atoms with Crippen molar-refractivity contribution in [2.24, 2.45) is 5.92 Å². The van der Waals surface area contributed by atoms with Gasteiger partial charge in [-0.25, -0.2) is 0 Å². The van der Waals surface area contributed by atoms with Crippen molar-refractivity contribution in [1.29, 1.82) is 0 Å². The second kappa shape index (κ2) is 6.93. The Morgan fingerprint density at radius 2 is 1.82 bits per heavy atom. The van der Waals surface area contributed by atoms with E-state index in [2.05, 4.69) is 11.4 Å². The van der Waals surface area contributed by atoms with Gasteiger partial charge < -0.3 is 10.4 Å². The van der Waals surface area contributed by atoms with Crippen molar-refractivity contribution >= 4 is 16.7 Å². The van der Waals surface area contributed by atoms with E-state index in [1.165, 1.54) is 6.42 Å². The number of aliphatic hydroxyl groups is 1. The number of fused-ring (bicyclic) bond motifs is 1. The maximum absolute atomic E-state index is 12.1. The fourth-order valence-corrected chi connectivity index (χ4v) is 3.24. The summed E-state index contributed by atoms with van der Waals surface area (Å²) in [6.07, 6.45) is 4.84. The molecule has 22 heavy (non-hydrogen) atoms. The predicted octanol–water partition coefficient (Wildman–Crippen LogP) is 3.57. The molecule has 0 heterocycles. The number of amides is 1. The lowest BCUT2D eigenvalue weighted by atomic mass is 9.88. The molecule has 2 aromatic rings. The Morgan fingerprint density at radius 3 is 2.59 bits per heavy atom. The predicted molar refractivity (Wildman–Crippen MR) is 88.5 cm³/mol. The monoisotopic (exact) mass is 297 g/mol. The van der Waals surface area contributed by atoms with Crippen molar-refractivity contribution in [3.63, 3.8) is 0 Å². The summed E-state index contributed by atoms with van der Waals surface area (Å²) in [5.41, 5.74) is 0.850. The van der Waals surface area contributed by atoms with Gasteiger partial charge in [0.1, 0.15) is 0 Å². The fourth-order valence-electron chi connectivity index (χ4n) is 3.24. The summed E-state index contributed by atoms with van der Waals surface area (Å²) in [5.74, 6) is 0.233. The summed E-state index contributed by atoms with van der Waals surface area (Å²) in [5, 5.41) is 15.5. The minimum Gasteiger partial charge on any atom is -0.387 e. The van der Waals surface area contributed by atoms with Crippen molar-refractivity contribution in [2.75, 3.05) is 6.54 Å². The van der Waals surface area contributed by atoms with E-state index >= 15 is 0 Å². The molecule has 3 rings (SSSR count). The van der Waals surface area contributed by atoms with Crippen molar-refractivity contribution in [3.05, 3.63) is 48.0 Å². The largest absolute Gasteiger partial charge is 0.387 e. The topological polar surface area (TPSA) is 49.3 Å². The molecule has 1 unspecified atom stereocenters. The number of carbonyl (C=O) groups is 1. The highest BCUT2D eigenvalue weighted by Gasteiger charge is 2.21. The van der Waals surface area contributed by atoms with E-state index in [0.717, 1.165) is 42.0 Å². The van der Waals surface area contributed by atoms with Crippen molar-refractivity contribution in [1.82, 2.24) is 5.32 Å². The number of benzene rings is 2. The van der Waals surface area contributed by atoms with Crippen molar-refractivity contribution in [3.8, 4) is 0 Å². The third kappa shape index (κ3) is 3.47. The molecule has 3 heteroatoms. The molecule has 116 valence electrons. The third-order valence-electron chi connectivity index (χ3n) is 4.60. The summed E-state index contributed by atoms with van der Waals surface area (Å²) in [6.45, 7) is 0.285. The van der Waals surface area contributed by atoms with Gasteiger partial charge in [-0.3, -0.25) is 4.79 Å². The van der Waals surface area contributed by atoms with Gasteiger partial charge in [0, 0.05) is 12.5 Å². The van der Waals surface area contributed by atoms with E-state index in [-0.39, 0.29) is 18.4 Å². The molecule has 1 aliphatic rings. The lowest BCUT2D eigenvalue weighted by molar-refractivity contribution is -0.126. The van der Waals surface area contributed by atoms with Gasteiger partial charge >= 0.3 is 0 Å². The molecule has 0 radical (unpaired) electrons. The SMILES string of the molecule is O=C(NCC(O)c1ccc2ccccc2c1)C1CCCCC1. The molecule has 0 saturated heterocycles. The van der Waals surface area contributed by atoms with E-state index in [0.29, 0.717) is 0 Å². The van der Waals surface area contributed by atoms with Crippen LogP contribution in [0.4, 0.5) is 0 Å². The Kier molecular flexibility index (Phi) is 4.74. The molecule has 0 aliphatic heterocycles. The van der Waals surface area contributed by atoms with Crippen LogP contribution in [0, 0.1) is 5.92 Å². The number of hydrogen-bond acceptors (Lipinski definition) is 2. The maximum Gasteiger partial charge on any atom is 0.223 e. The van der Waals surface area contributed by atoms with Crippen LogP contribution in [0.3, 0.4) is 0 Å². The van der Waals surface area contributed by atoms with E-state index in [4.69, 9.17) is 0 Å². The van der Waals surface area contributed by atoms with Crippen LogP contribution >= 0.6 is 0 Å². The zero-order valence-corrected chi connectivity index (χ0v) is 12.8. The smallest absolute Gasteiger partial charge is 0.223 e. The highest BCUT2D eigenvalue weighted by atomic mass is 16.3. The minimum absolute atomic E-state index is 0.0968. The highest BCUT2D eigenvalue weighted by Crippen LogP contribution is 2.24. The minimum atomic E-state index is -0.655. The standard InChI is InChI=1S/C19H23NO2/c21-18(13-20-19(22)15-7-2-1-3-8-15)17-11-10-14-6-4-5-9-16(14)12-17/h4-6,9-12,15,18,21H,1-3,7-8,13H2,(H,20,22). The van der Waals surface area contributed by atoms with Crippen LogP contribution in [0.2, 0.25) is 0 Å². The molecular formula is C19H23NO2. The maximum atomic E-state index is 12.1. The van der Waals surface area contributed by atoms with Gasteiger partial charge in [-0.05, 0) is 35.2 Å². The van der Waals surface area contributed by atoms with Crippen LogP contribution in [0.5, 0.6) is 0 Å². The molecule has 3 nitrogen and oxygen atoms in total. The van der Waals surface area contributed by atoms with Gasteiger partial charge in [0.2, 0.25) is 5.91 Å². The average molecular weight is 297 g/mol. The first-order chi connectivity index (χ1) is 10.7. The van der Waals surface area contributed by atoms with Crippen LogP contribution in [0.1, 0.15) is 43.8 Å². The van der Waals surface area contributed by atoms with Gasteiger partial charge in [-0.2, -0.15) is 0 Å². The van der Waals surface area contributed by atoms with E-state index in [1.54, 1.807) is 0 Å². The Bertz CT molecular complexity index is 647. The number of rotatable bonds is 4. The number of carbonyl (C=O) groups excluding carboxylic acids is 1. The Morgan fingerprint density at radius 1 is 1.09 bits per heavy atom. The van der Waals surface area contributed by atoms with Crippen LogP contribution in [0.15, 0.2) is 42.5 Å². The first-order valence-electron chi connectivity index (χ1n) is 8.18. The Labute approximate surface area is 131 Å². The molecule has 1 saturated carbocycles. The summed E-state index contributed by atoms with van der Waals surface area (Å²) in [7, 11) is 0. The summed E-state index contributed by atoms with van der Waals surface area (Å²) < 4.78 is 0. The van der Waals surface area contributed by atoms with Crippen LogP contribution in [-0.4, -0.2) is 17.6 Å². The lowest BCUT2D eigenvalue weighted by Crippen LogP contribution is -2.34. The zero-order valence-electron chi connectivity index (χ0n) is 12.8. The Hall–Kier alpha value is -1.87. The molecule has 0 aromatic heterocycles. The van der Waals surface area contributed by atoms with Gasteiger partial charge in [-0.15, -0.1) is 0 Å². The highest BCUT2D eigenvalue weighted by molar-refractivity contribution is 5.83. The molecule has 1 amide bonds. The van der Waals surface area contributed by atoms with Gasteiger partial charge in [0.25, 0.3) is 0 Å². The number of hydrogen-bond donors (Lipinski definition) is 2. The fraction of sp³-hybridized carbons (Fsp3) is 0.421. The van der Waals surface area contributed by atoms with E-state index in [9.17, 15) is 9.90 Å². The second-order valence-electron chi connectivity index (χ2n) is 6.20. The zero-order chi connectivity index (χ0) is 15.4. The second-order valence-corrected chi connectivity index (χ2v) is 6.20. The third-order valence-corrected chi connectivity index (χ3v) is 4.60. The molecule has 1 atom stereocenters. The van der Waals surface area contributed by atoms with E-state index < -0.39 is 6.10 Å². The number of aliphatic hydroxyl groups excluding tert-OH is 1.